The van der Waals surface area contributed by atoms with Gasteiger partial charge in [-0.2, -0.15) is 0 Å². The fourth-order valence-corrected chi connectivity index (χ4v) is 5.12. The van der Waals surface area contributed by atoms with Crippen molar-refractivity contribution in [2.45, 2.75) is 0 Å². The van der Waals surface area contributed by atoms with Crippen molar-refractivity contribution in [3.8, 4) is 17.2 Å². The van der Waals surface area contributed by atoms with E-state index in [2.05, 4.69) is 21.2 Å². The Morgan fingerprint density at radius 2 is 1.32 bits per heavy atom. The molecular formula is C33H26BrN3O7. The molecule has 0 aromatic heterocycles. The first-order valence-corrected chi connectivity index (χ1v) is 14.1. The molecule has 1 aliphatic rings. The van der Waals surface area contributed by atoms with E-state index in [0.29, 0.717) is 32.8 Å². The molecule has 0 radical (unpaired) electrons. The van der Waals surface area contributed by atoms with Crippen LogP contribution in [0.2, 0.25) is 0 Å². The molecular weight excluding hydrogens is 630 g/mol. The van der Waals surface area contributed by atoms with E-state index in [4.69, 9.17) is 14.2 Å². The molecule has 1 fully saturated rings. The average molecular weight is 656 g/mol. The minimum absolute atomic E-state index is 0.234. The molecule has 222 valence electrons. The molecule has 0 spiro atoms. The highest BCUT2D eigenvalue weighted by Crippen LogP contribution is 2.38. The summed E-state index contributed by atoms with van der Waals surface area (Å²) >= 11 is 3.45. The van der Waals surface area contributed by atoms with E-state index in [0.717, 1.165) is 9.80 Å². The predicted molar refractivity (Wildman–Crippen MR) is 169 cm³/mol. The molecule has 4 aromatic rings. The lowest BCUT2D eigenvalue weighted by atomic mass is 10.0. The Labute approximate surface area is 261 Å². The van der Waals surface area contributed by atoms with E-state index >= 15 is 0 Å². The van der Waals surface area contributed by atoms with E-state index in [1.807, 2.05) is 0 Å². The number of benzene rings is 4. The summed E-state index contributed by atoms with van der Waals surface area (Å²) in [6, 6.07) is 26.1. The number of nitrogens with one attached hydrogen (secondary N) is 1. The Balaban J connectivity index is 1.45. The summed E-state index contributed by atoms with van der Waals surface area (Å²) in [5.74, 6) is -1.01. The highest BCUT2D eigenvalue weighted by atomic mass is 79.9. The van der Waals surface area contributed by atoms with Gasteiger partial charge in [0.2, 0.25) is 0 Å². The quantitative estimate of drug-likeness (QED) is 0.172. The fourth-order valence-electron chi connectivity index (χ4n) is 4.54. The molecule has 1 aliphatic heterocycles. The number of urea groups is 1. The van der Waals surface area contributed by atoms with Crippen molar-refractivity contribution in [1.29, 1.82) is 0 Å². The fraction of sp³-hybridized carbons (Fsp3) is 0.0909. The van der Waals surface area contributed by atoms with Gasteiger partial charge in [0.05, 0.1) is 35.8 Å². The summed E-state index contributed by atoms with van der Waals surface area (Å²) in [6.45, 7) is -0.343. The second-order valence-corrected chi connectivity index (χ2v) is 10.2. The second kappa shape index (κ2) is 13.3. The molecule has 0 atom stereocenters. The maximum atomic E-state index is 13.7. The number of para-hydroxylation sites is 4. The van der Waals surface area contributed by atoms with Crippen LogP contribution in [0.3, 0.4) is 0 Å². The Hall–Kier alpha value is -5.42. The van der Waals surface area contributed by atoms with Crippen LogP contribution in [0.1, 0.15) is 5.56 Å². The third kappa shape index (κ3) is 6.18. The van der Waals surface area contributed by atoms with Crippen LogP contribution >= 0.6 is 15.9 Å². The highest BCUT2D eigenvalue weighted by Gasteiger charge is 2.43. The summed E-state index contributed by atoms with van der Waals surface area (Å²) in [6.07, 6.45) is 1.38. The number of ether oxygens (including phenoxy) is 3. The topological polar surface area (TPSA) is 114 Å². The van der Waals surface area contributed by atoms with E-state index in [-0.39, 0.29) is 23.7 Å². The molecule has 11 heteroatoms. The molecule has 0 aliphatic carbocycles. The zero-order chi connectivity index (χ0) is 31.2. The molecule has 1 saturated heterocycles. The van der Waals surface area contributed by atoms with Gasteiger partial charge in [-0.3, -0.25) is 14.4 Å². The second-order valence-electron chi connectivity index (χ2n) is 9.36. The number of hydrogen-bond donors (Lipinski definition) is 1. The third-order valence-corrected chi connectivity index (χ3v) is 7.16. The van der Waals surface area contributed by atoms with E-state index in [9.17, 15) is 19.2 Å². The number of rotatable bonds is 9. The molecule has 0 bridgehead atoms. The zero-order valence-electron chi connectivity index (χ0n) is 23.7. The van der Waals surface area contributed by atoms with Gasteiger partial charge in [-0.05, 0) is 76.1 Å². The van der Waals surface area contributed by atoms with Gasteiger partial charge < -0.3 is 19.5 Å². The van der Waals surface area contributed by atoms with Gasteiger partial charge in [-0.15, -0.1) is 0 Å². The Kier molecular flexibility index (Phi) is 9.06. The minimum atomic E-state index is -0.788. The minimum Gasteiger partial charge on any atom is -0.495 e. The van der Waals surface area contributed by atoms with Gasteiger partial charge in [0, 0.05) is 0 Å². The van der Waals surface area contributed by atoms with E-state index < -0.39 is 23.8 Å². The molecule has 5 rings (SSSR count). The lowest BCUT2D eigenvalue weighted by Crippen LogP contribution is -2.57. The Morgan fingerprint density at radius 3 is 1.89 bits per heavy atom. The number of carbonyl (C=O) groups is 4. The molecule has 1 N–H and O–H groups in total. The van der Waals surface area contributed by atoms with Crippen LogP contribution in [0.25, 0.3) is 6.08 Å². The highest BCUT2D eigenvalue weighted by molar-refractivity contribution is 9.10. The number of nitrogens with zero attached hydrogens (tertiary/aromatic N) is 2. The number of halogens is 1. The normalized spacial score (nSPS) is 13.1. The Bertz CT molecular complexity index is 1700. The summed E-state index contributed by atoms with van der Waals surface area (Å²) < 4.78 is 17.0. The molecule has 5 amide bonds. The first-order chi connectivity index (χ1) is 21.3. The molecule has 44 heavy (non-hydrogen) atoms. The van der Waals surface area contributed by atoms with Crippen LogP contribution in [0.5, 0.6) is 17.2 Å². The van der Waals surface area contributed by atoms with Crippen molar-refractivity contribution in [3.63, 3.8) is 0 Å². The van der Waals surface area contributed by atoms with Crippen molar-refractivity contribution in [2.75, 3.05) is 35.9 Å². The largest absolute Gasteiger partial charge is 0.495 e. The van der Waals surface area contributed by atoms with E-state index in [1.54, 1.807) is 97.1 Å². The van der Waals surface area contributed by atoms with Gasteiger partial charge in [-0.1, -0.05) is 48.5 Å². The number of carbonyl (C=O) groups excluding carboxylic acids is 4. The van der Waals surface area contributed by atoms with Crippen LogP contribution in [-0.2, 0) is 14.4 Å². The summed E-state index contributed by atoms with van der Waals surface area (Å²) in [5, 5.41) is 2.74. The van der Waals surface area contributed by atoms with Gasteiger partial charge in [-0.25, -0.2) is 14.6 Å². The number of methoxy groups -OCH3 is 2. The van der Waals surface area contributed by atoms with Crippen molar-refractivity contribution in [2.24, 2.45) is 0 Å². The van der Waals surface area contributed by atoms with Crippen molar-refractivity contribution < 1.29 is 33.4 Å². The lowest BCUT2D eigenvalue weighted by Gasteiger charge is -2.34. The smallest absolute Gasteiger partial charge is 0.343 e. The first kappa shape index (κ1) is 30.1. The maximum Gasteiger partial charge on any atom is 0.343 e. The standard InChI is InChI=1S/C33H26BrN3O7/c1-42-27-16-10-9-15-26(27)35-29(38)20-44-30-25(34)18-21(19-28(30)43-2)17-24-31(39)36(22-11-5-3-6-12-22)33(41)37(32(24)40)23-13-7-4-8-14-23/h3-19H,20H2,1-2H3,(H,35,38). The van der Waals surface area contributed by atoms with Gasteiger partial charge in [0.1, 0.15) is 11.3 Å². The average Bonchev–Trinajstić information content (AvgIpc) is 3.03. The number of imide groups is 2. The molecule has 1 heterocycles. The number of amides is 5. The number of hydrogen-bond acceptors (Lipinski definition) is 7. The van der Waals surface area contributed by atoms with Crippen LogP contribution in [-0.4, -0.2) is 44.6 Å². The van der Waals surface area contributed by atoms with Gasteiger partial charge in [0.25, 0.3) is 17.7 Å². The summed E-state index contributed by atoms with van der Waals surface area (Å²) in [7, 11) is 2.93. The predicted octanol–water partition coefficient (Wildman–Crippen LogP) is 6.07. The van der Waals surface area contributed by atoms with Crippen LogP contribution in [0.4, 0.5) is 21.9 Å². The SMILES string of the molecule is COc1ccccc1NC(=O)COc1c(Br)cc(C=C2C(=O)N(c3ccccc3)C(=O)N(c3ccccc3)C2=O)cc1OC. The van der Waals surface area contributed by atoms with Crippen LogP contribution in [0, 0.1) is 0 Å². The summed E-state index contributed by atoms with van der Waals surface area (Å²) in [4.78, 5) is 55.4. The third-order valence-electron chi connectivity index (χ3n) is 6.57. The van der Waals surface area contributed by atoms with Crippen LogP contribution < -0.4 is 29.3 Å². The molecule has 10 nitrogen and oxygen atoms in total. The van der Waals surface area contributed by atoms with Gasteiger partial charge >= 0.3 is 6.03 Å². The number of barbiturate groups is 1. The van der Waals surface area contributed by atoms with Crippen molar-refractivity contribution in [1.82, 2.24) is 0 Å². The number of anilines is 3. The zero-order valence-corrected chi connectivity index (χ0v) is 25.2. The molecule has 4 aromatic carbocycles. The van der Waals surface area contributed by atoms with Crippen molar-refractivity contribution >= 4 is 62.8 Å². The Morgan fingerprint density at radius 1 is 0.773 bits per heavy atom. The lowest BCUT2D eigenvalue weighted by molar-refractivity contribution is -0.121. The first-order valence-electron chi connectivity index (χ1n) is 13.3. The molecule has 0 saturated carbocycles. The van der Waals surface area contributed by atoms with Gasteiger partial charge in [0.15, 0.2) is 18.1 Å². The maximum absolute atomic E-state index is 13.7. The molecule has 0 unspecified atom stereocenters. The van der Waals surface area contributed by atoms with Crippen molar-refractivity contribution in [3.05, 3.63) is 113 Å². The summed E-state index contributed by atoms with van der Waals surface area (Å²) in [5.41, 5.74) is 1.29. The van der Waals surface area contributed by atoms with Crippen LogP contribution in [0.15, 0.2) is 107 Å². The monoisotopic (exact) mass is 655 g/mol. The van der Waals surface area contributed by atoms with E-state index in [1.165, 1.54) is 20.3 Å².